The molecule has 0 aliphatic carbocycles. The lowest BCUT2D eigenvalue weighted by atomic mass is 10.2. The van der Waals surface area contributed by atoms with Gasteiger partial charge < -0.3 is 24.8 Å². The summed E-state index contributed by atoms with van der Waals surface area (Å²) in [5, 5.41) is 23.3. The molecule has 10 nitrogen and oxygen atoms in total. The van der Waals surface area contributed by atoms with Gasteiger partial charge in [-0.15, -0.1) is 11.8 Å². The van der Waals surface area contributed by atoms with Crippen LogP contribution in [0.15, 0.2) is 45.1 Å². The molecule has 1 aromatic heterocycles. The second-order valence-corrected chi connectivity index (χ2v) is 6.08. The molecule has 0 fully saturated rings. The highest BCUT2D eigenvalue weighted by Gasteiger charge is 2.36. The number of aliphatic imine (C=N–C) groups is 1. The molecule has 138 valence electrons. The zero-order chi connectivity index (χ0) is 19.3. The number of rotatable bonds is 7. The highest BCUT2D eigenvalue weighted by molar-refractivity contribution is 8.00. The Morgan fingerprint density at radius 1 is 1.50 bits per heavy atom. The monoisotopic (exact) mass is 381 g/mol. The number of nitrogens with one attached hydrogen (secondary N) is 1. The summed E-state index contributed by atoms with van der Waals surface area (Å²) >= 11 is 1.05. The second-order valence-electron chi connectivity index (χ2n) is 4.98. The fraction of sp³-hybridized carbons (Fsp3) is 0.267. The molecule has 0 saturated carbocycles. The number of hydrogen-bond acceptors (Lipinski definition) is 8. The first-order valence-electron chi connectivity index (χ1n) is 7.14. The van der Waals surface area contributed by atoms with Crippen LogP contribution < -0.4 is 5.32 Å². The topological polar surface area (TPSA) is 151 Å². The van der Waals surface area contributed by atoms with Crippen LogP contribution in [0, 0.1) is 0 Å². The van der Waals surface area contributed by atoms with Crippen molar-refractivity contribution in [3.8, 4) is 0 Å². The Balaban J connectivity index is 2.27. The second kappa shape index (κ2) is 8.34. The van der Waals surface area contributed by atoms with Crippen molar-refractivity contribution in [2.75, 3.05) is 12.9 Å². The number of hydrogen-bond donors (Lipinski definition) is 3. The molecule has 0 aromatic carbocycles. The van der Waals surface area contributed by atoms with Crippen LogP contribution in [0.2, 0.25) is 0 Å². The molecule has 3 N–H and O–H groups in total. The number of furan rings is 1. The fourth-order valence-corrected chi connectivity index (χ4v) is 3.12. The smallest absolute Gasteiger partial charge is 0.354 e. The third-order valence-corrected chi connectivity index (χ3v) is 4.45. The Bertz CT molecular complexity index is 785. The van der Waals surface area contributed by atoms with Crippen molar-refractivity contribution in [2.24, 2.45) is 10.1 Å². The van der Waals surface area contributed by atoms with E-state index in [0.717, 1.165) is 11.8 Å². The highest BCUT2D eigenvalue weighted by Crippen LogP contribution is 2.26. The normalized spacial score (nSPS) is 18.7. The number of nitrogens with zero attached hydrogens (tertiary/aromatic N) is 2. The van der Waals surface area contributed by atoms with E-state index in [1.807, 2.05) is 0 Å². The van der Waals surface area contributed by atoms with E-state index in [4.69, 9.17) is 9.52 Å². The molecule has 11 heteroatoms. The molecule has 0 unspecified atom stereocenters. The summed E-state index contributed by atoms with van der Waals surface area (Å²) in [6.07, 6.45) is 1.31. The van der Waals surface area contributed by atoms with Gasteiger partial charge in [-0.25, -0.2) is 9.59 Å². The number of aliphatic carboxylic acids is 2. The average Bonchev–Trinajstić information content (AvgIpc) is 3.11. The van der Waals surface area contributed by atoms with Crippen LogP contribution in [0.3, 0.4) is 0 Å². The highest BCUT2D eigenvalue weighted by atomic mass is 32.2. The summed E-state index contributed by atoms with van der Waals surface area (Å²) in [7, 11) is 1.22. The molecule has 2 rings (SSSR count). The van der Waals surface area contributed by atoms with E-state index in [0.29, 0.717) is 0 Å². The average molecular weight is 381 g/mol. The number of oxime groups is 1. The minimum Gasteiger partial charge on any atom is -0.480 e. The van der Waals surface area contributed by atoms with Crippen molar-refractivity contribution < 1.29 is 33.9 Å². The molecule has 0 bridgehead atoms. The SMILES string of the molecule is C=C1CS[C@H]([C@H](NC(=O)/C(=N\OC)c2ccco2)C(=O)O)N=C1C(=O)O. The number of carbonyl (C=O) groups is 3. The van der Waals surface area contributed by atoms with Crippen molar-refractivity contribution in [2.45, 2.75) is 11.4 Å². The van der Waals surface area contributed by atoms with Crippen LogP contribution in [0.1, 0.15) is 5.76 Å². The number of carboxylic acids is 2. The Morgan fingerprint density at radius 2 is 2.23 bits per heavy atom. The summed E-state index contributed by atoms with van der Waals surface area (Å²) in [5.41, 5.74) is -0.311. The van der Waals surface area contributed by atoms with Crippen molar-refractivity contribution in [3.63, 3.8) is 0 Å². The Labute approximate surface area is 151 Å². The molecule has 1 aromatic rings. The number of thioether (sulfide) groups is 1. The van der Waals surface area contributed by atoms with Crippen molar-refractivity contribution in [3.05, 3.63) is 36.3 Å². The third kappa shape index (κ3) is 4.30. The molecule has 2 atom stereocenters. The van der Waals surface area contributed by atoms with Crippen LogP contribution >= 0.6 is 11.8 Å². The summed E-state index contributed by atoms with van der Waals surface area (Å²) < 4.78 is 5.08. The first-order valence-corrected chi connectivity index (χ1v) is 8.19. The zero-order valence-electron chi connectivity index (χ0n) is 13.5. The van der Waals surface area contributed by atoms with Gasteiger partial charge in [0.15, 0.2) is 11.8 Å². The summed E-state index contributed by atoms with van der Waals surface area (Å²) in [6, 6.07) is 1.48. The maximum atomic E-state index is 12.4. The predicted molar refractivity (Wildman–Crippen MR) is 92.3 cm³/mol. The minimum absolute atomic E-state index is 0.0768. The van der Waals surface area contributed by atoms with E-state index in [-0.39, 0.29) is 28.5 Å². The first kappa shape index (κ1) is 19.2. The molecule has 0 saturated heterocycles. The summed E-state index contributed by atoms with van der Waals surface area (Å²) in [4.78, 5) is 43.7. The van der Waals surface area contributed by atoms with Gasteiger partial charge in [0, 0.05) is 5.75 Å². The van der Waals surface area contributed by atoms with E-state index in [1.54, 1.807) is 0 Å². The quantitative estimate of drug-likeness (QED) is 0.452. The van der Waals surface area contributed by atoms with Gasteiger partial charge in [-0.2, -0.15) is 0 Å². The van der Waals surface area contributed by atoms with Crippen LogP contribution in [-0.4, -0.2) is 63.8 Å². The van der Waals surface area contributed by atoms with Crippen molar-refractivity contribution in [1.29, 1.82) is 0 Å². The Hall–Kier alpha value is -3.08. The van der Waals surface area contributed by atoms with E-state index in [1.165, 1.54) is 25.5 Å². The molecule has 26 heavy (non-hydrogen) atoms. The van der Waals surface area contributed by atoms with Crippen molar-refractivity contribution in [1.82, 2.24) is 5.32 Å². The number of carbonyl (C=O) groups excluding carboxylic acids is 1. The molecule has 0 spiro atoms. The zero-order valence-corrected chi connectivity index (χ0v) is 14.4. The lowest BCUT2D eigenvalue weighted by molar-refractivity contribution is -0.141. The van der Waals surface area contributed by atoms with Gasteiger partial charge in [-0.3, -0.25) is 9.79 Å². The third-order valence-electron chi connectivity index (χ3n) is 3.21. The maximum Gasteiger partial charge on any atom is 0.354 e. The van der Waals surface area contributed by atoms with E-state index in [2.05, 4.69) is 26.9 Å². The van der Waals surface area contributed by atoms with Gasteiger partial charge in [0.25, 0.3) is 5.91 Å². The van der Waals surface area contributed by atoms with Crippen LogP contribution in [0.4, 0.5) is 0 Å². The molecule has 0 radical (unpaired) electrons. The molecule has 1 aliphatic rings. The van der Waals surface area contributed by atoms with Gasteiger partial charge >= 0.3 is 11.9 Å². The Kier molecular flexibility index (Phi) is 6.17. The maximum absolute atomic E-state index is 12.4. The molecule has 2 heterocycles. The fourth-order valence-electron chi connectivity index (χ4n) is 2.05. The summed E-state index contributed by atoms with van der Waals surface area (Å²) in [5.74, 6) is -3.31. The number of carboxylic acid groups (broad SMARTS) is 2. The summed E-state index contributed by atoms with van der Waals surface area (Å²) in [6.45, 7) is 3.59. The van der Waals surface area contributed by atoms with Crippen LogP contribution in [0.25, 0.3) is 0 Å². The molecule has 1 aliphatic heterocycles. The van der Waals surface area contributed by atoms with Gasteiger partial charge in [0.2, 0.25) is 5.71 Å². The minimum atomic E-state index is -1.49. The first-order chi connectivity index (χ1) is 12.3. The van der Waals surface area contributed by atoms with Crippen LogP contribution in [0.5, 0.6) is 0 Å². The van der Waals surface area contributed by atoms with Gasteiger partial charge in [0.05, 0.1) is 6.26 Å². The molecular formula is C15H15N3O7S. The van der Waals surface area contributed by atoms with Gasteiger partial charge in [-0.05, 0) is 17.7 Å². The largest absolute Gasteiger partial charge is 0.480 e. The molecular weight excluding hydrogens is 366 g/mol. The standard InChI is InChI=1S/C15H15N3O7S/c1-7-6-26-13(17-9(7)14(20)21)11(15(22)23)16-12(19)10(18-24-2)8-4-3-5-25-8/h3-5,11,13H,1,6H2,2H3,(H,16,19)(H,20,21)(H,22,23)/b18-10-/t11-,13+/m0/s1. The van der Waals surface area contributed by atoms with Crippen molar-refractivity contribution >= 4 is 41.0 Å². The number of amides is 1. The lowest BCUT2D eigenvalue weighted by Gasteiger charge is -2.25. The van der Waals surface area contributed by atoms with Gasteiger partial charge in [-0.1, -0.05) is 11.7 Å². The lowest BCUT2D eigenvalue weighted by Crippen LogP contribution is -2.50. The predicted octanol–water partition coefficient (Wildman–Crippen LogP) is 0.354. The molecule has 1 amide bonds. The van der Waals surface area contributed by atoms with E-state index >= 15 is 0 Å². The van der Waals surface area contributed by atoms with E-state index < -0.39 is 29.3 Å². The Morgan fingerprint density at radius 3 is 2.77 bits per heavy atom. The van der Waals surface area contributed by atoms with Gasteiger partial charge in [0.1, 0.15) is 18.2 Å². The van der Waals surface area contributed by atoms with Crippen LogP contribution in [-0.2, 0) is 19.2 Å². The van der Waals surface area contributed by atoms with E-state index in [9.17, 15) is 19.5 Å².